The van der Waals surface area contributed by atoms with Crippen LogP contribution in [-0.4, -0.2) is 26.2 Å². The van der Waals surface area contributed by atoms with E-state index in [1.165, 1.54) is 11.1 Å². The van der Waals surface area contributed by atoms with Gasteiger partial charge in [-0.15, -0.1) is 24.0 Å². The Kier molecular flexibility index (Phi) is 9.30. The SMILES string of the molecule is COCCNc1ccc(CN=C(N)Nc2cc(C)cc(C)c2)cc1.I. The lowest BCUT2D eigenvalue weighted by molar-refractivity contribution is 0.211. The molecule has 0 saturated carbocycles. The Labute approximate surface area is 167 Å². The minimum atomic E-state index is 0. The molecule has 2 aromatic carbocycles. The van der Waals surface area contributed by atoms with Crippen LogP contribution < -0.4 is 16.4 Å². The molecule has 25 heavy (non-hydrogen) atoms. The van der Waals surface area contributed by atoms with E-state index in [0.29, 0.717) is 19.1 Å². The fraction of sp³-hybridized carbons (Fsp3) is 0.316. The molecule has 0 bridgehead atoms. The Balaban J connectivity index is 0.00000312. The van der Waals surface area contributed by atoms with E-state index in [4.69, 9.17) is 10.5 Å². The number of nitrogens with zero attached hydrogens (tertiary/aromatic N) is 1. The maximum atomic E-state index is 5.98. The number of nitrogens with one attached hydrogen (secondary N) is 2. The topological polar surface area (TPSA) is 71.7 Å². The van der Waals surface area contributed by atoms with Gasteiger partial charge in [-0.2, -0.15) is 0 Å². The number of hydrogen-bond acceptors (Lipinski definition) is 3. The van der Waals surface area contributed by atoms with Crippen LogP contribution in [0, 0.1) is 13.8 Å². The highest BCUT2D eigenvalue weighted by Gasteiger charge is 1.99. The van der Waals surface area contributed by atoms with Crippen LogP contribution in [-0.2, 0) is 11.3 Å². The van der Waals surface area contributed by atoms with Gasteiger partial charge < -0.3 is 21.1 Å². The number of methoxy groups -OCH3 is 1. The van der Waals surface area contributed by atoms with E-state index in [-0.39, 0.29) is 24.0 Å². The van der Waals surface area contributed by atoms with E-state index in [0.717, 1.165) is 23.5 Å². The van der Waals surface area contributed by atoms with Crippen LogP contribution in [0.25, 0.3) is 0 Å². The third-order valence-corrected chi connectivity index (χ3v) is 3.52. The zero-order valence-corrected chi connectivity index (χ0v) is 17.3. The summed E-state index contributed by atoms with van der Waals surface area (Å²) in [5.41, 5.74) is 11.5. The second-order valence-electron chi connectivity index (χ2n) is 5.82. The molecule has 136 valence electrons. The van der Waals surface area contributed by atoms with Gasteiger partial charge in [-0.3, -0.25) is 0 Å². The predicted octanol–water partition coefficient (Wildman–Crippen LogP) is 3.91. The summed E-state index contributed by atoms with van der Waals surface area (Å²) < 4.78 is 5.01. The molecule has 0 atom stereocenters. The molecular formula is C19H27IN4O. The van der Waals surface area contributed by atoms with Gasteiger partial charge in [0, 0.05) is 25.0 Å². The van der Waals surface area contributed by atoms with E-state index >= 15 is 0 Å². The lowest BCUT2D eigenvalue weighted by Gasteiger charge is -2.08. The van der Waals surface area contributed by atoms with Crippen LogP contribution in [0.3, 0.4) is 0 Å². The third-order valence-electron chi connectivity index (χ3n) is 3.52. The summed E-state index contributed by atoms with van der Waals surface area (Å²) in [7, 11) is 1.69. The molecule has 0 aliphatic carbocycles. The lowest BCUT2D eigenvalue weighted by Crippen LogP contribution is -2.22. The number of guanidine groups is 1. The second kappa shape index (κ2) is 10.9. The second-order valence-corrected chi connectivity index (χ2v) is 5.82. The number of rotatable bonds is 7. The molecule has 0 unspecified atom stereocenters. The predicted molar refractivity (Wildman–Crippen MR) is 117 cm³/mol. The molecule has 0 aliphatic heterocycles. The molecule has 4 N–H and O–H groups in total. The number of halogens is 1. The van der Waals surface area contributed by atoms with Crippen molar-refractivity contribution in [3.05, 3.63) is 59.2 Å². The van der Waals surface area contributed by atoms with Crippen molar-refractivity contribution in [3.8, 4) is 0 Å². The molecule has 5 nitrogen and oxygen atoms in total. The van der Waals surface area contributed by atoms with Crippen LogP contribution in [0.2, 0.25) is 0 Å². The van der Waals surface area contributed by atoms with Crippen LogP contribution in [0.5, 0.6) is 0 Å². The van der Waals surface area contributed by atoms with Crippen LogP contribution >= 0.6 is 24.0 Å². The Morgan fingerprint density at radius 2 is 1.68 bits per heavy atom. The average Bonchev–Trinajstić information content (AvgIpc) is 2.53. The lowest BCUT2D eigenvalue weighted by atomic mass is 10.1. The van der Waals surface area contributed by atoms with Crippen molar-refractivity contribution in [2.24, 2.45) is 10.7 Å². The van der Waals surface area contributed by atoms with E-state index in [9.17, 15) is 0 Å². The quantitative estimate of drug-likeness (QED) is 0.257. The summed E-state index contributed by atoms with van der Waals surface area (Å²) in [4.78, 5) is 4.40. The molecule has 2 aromatic rings. The van der Waals surface area contributed by atoms with Crippen molar-refractivity contribution in [2.45, 2.75) is 20.4 Å². The molecule has 2 rings (SSSR count). The van der Waals surface area contributed by atoms with Gasteiger partial charge in [0.15, 0.2) is 5.96 Å². The summed E-state index contributed by atoms with van der Waals surface area (Å²) in [6.07, 6.45) is 0. The van der Waals surface area contributed by atoms with Gasteiger partial charge >= 0.3 is 0 Å². The van der Waals surface area contributed by atoms with Crippen LogP contribution in [0.15, 0.2) is 47.5 Å². The highest BCUT2D eigenvalue weighted by Crippen LogP contribution is 2.14. The molecule has 0 heterocycles. The summed E-state index contributed by atoms with van der Waals surface area (Å²) in [6, 6.07) is 14.4. The monoisotopic (exact) mass is 454 g/mol. The van der Waals surface area contributed by atoms with Gasteiger partial charge in [0.05, 0.1) is 13.2 Å². The Bertz CT molecular complexity index is 666. The fourth-order valence-corrected chi connectivity index (χ4v) is 2.44. The largest absolute Gasteiger partial charge is 0.383 e. The zero-order chi connectivity index (χ0) is 17.4. The van der Waals surface area contributed by atoms with Gasteiger partial charge in [0.1, 0.15) is 0 Å². The van der Waals surface area contributed by atoms with E-state index < -0.39 is 0 Å². The average molecular weight is 454 g/mol. The van der Waals surface area contributed by atoms with Crippen LogP contribution in [0.4, 0.5) is 11.4 Å². The van der Waals surface area contributed by atoms with Gasteiger partial charge in [-0.05, 0) is 54.8 Å². The molecule has 0 spiro atoms. The molecule has 6 heteroatoms. The minimum absolute atomic E-state index is 0. The minimum Gasteiger partial charge on any atom is -0.383 e. The van der Waals surface area contributed by atoms with Crippen molar-refractivity contribution < 1.29 is 4.74 Å². The first-order valence-corrected chi connectivity index (χ1v) is 8.04. The van der Waals surface area contributed by atoms with Gasteiger partial charge in [0.2, 0.25) is 0 Å². The van der Waals surface area contributed by atoms with Gasteiger partial charge in [-0.1, -0.05) is 18.2 Å². The summed E-state index contributed by atoms with van der Waals surface area (Å²) >= 11 is 0. The number of nitrogens with two attached hydrogens (primary N) is 1. The van der Waals surface area contributed by atoms with Gasteiger partial charge in [0.25, 0.3) is 0 Å². The number of anilines is 2. The van der Waals surface area contributed by atoms with E-state index in [1.54, 1.807) is 7.11 Å². The number of hydrogen-bond donors (Lipinski definition) is 3. The van der Waals surface area contributed by atoms with Gasteiger partial charge in [-0.25, -0.2) is 4.99 Å². The molecule has 0 radical (unpaired) electrons. The van der Waals surface area contributed by atoms with Crippen molar-refractivity contribution in [2.75, 3.05) is 30.9 Å². The molecule has 0 aromatic heterocycles. The number of aryl methyl sites for hydroxylation is 2. The third kappa shape index (κ3) is 7.74. The summed E-state index contributed by atoms with van der Waals surface area (Å²) in [5, 5.41) is 6.42. The highest BCUT2D eigenvalue weighted by atomic mass is 127. The Morgan fingerprint density at radius 3 is 2.28 bits per heavy atom. The standard InChI is InChI=1S/C19H26N4O.HI/c1-14-10-15(2)12-18(11-14)23-19(20)22-13-16-4-6-17(7-5-16)21-8-9-24-3;/h4-7,10-12,21H,8-9,13H2,1-3H3,(H3,20,22,23);1H. The maximum Gasteiger partial charge on any atom is 0.193 e. The normalized spacial score (nSPS) is 10.9. The Morgan fingerprint density at radius 1 is 1.04 bits per heavy atom. The molecule has 0 amide bonds. The smallest absolute Gasteiger partial charge is 0.193 e. The Hall–Kier alpha value is -1.80. The molecular weight excluding hydrogens is 427 g/mol. The summed E-state index contributed by atoms with van der Waals surface area (Å²) in [5.74, 6) is 0.419. The maximum absolute atomic E-state index is 5.98. The zero-order valence-electron chi connectivity index (χ0n) is 15.0. The summed E-state index contributed by atoms with van der Waals surface area (Å²) in [6.45, 7) is 6.15. The van der Waals surface area contributed by atoms with Crippen LogP contribution in [0.1, 0.15) is 16.7 Å². The van der Waals surface area contributed by atoms with E-state index in [1.807, 2.05) is 24.3 Å². The first-order valence-electron chi connectivity index (χ1n) is 8.04. The fourth-order valence-electron chi connectivity index (χ4n) is 2.44. The van der Waals surface area contributed by atoms with Crippen molar-refractivity contribution in [1.29, 1.82) is 0 Å². The van der Waals surface area contributed by atoms with E-state index in [2.05, 4.69) is 47.7 Å². The first kappa shape index (κ1) is 21.2. The first-order chi connectivity index (χ1) is 11.6. The van der Waals surface area contributed by atoms with Crippen molar-refractivity contribution in [1.82, 2.24) is 0 Å². The number of aliphatic imine (C=N–C) groups is 1. The molecule has 0 saturated heterocycles. The number of ether oxygens (including phenoxy) is 1. The van der Waals surface area contributed by atoms with Crippen molar-refractivity contribution in [3.63, 3.8) is 0 Å². The molecule has 0 fully saturated rings. The number of benzene rings is 2. The molecule has 0 aliphatic rings. The highest BCUT2D eigenvalue weighted by molar-refractivity contribution is 14.0. The van der Waals surface area contributed by atoms with Crippen molar-refractivity contribution >= 4 is 41.3 Å².